The second-order valence-corrected chi connectivity index (χ2v) is 10.4. The minimum atomic E-state index is 1.27. The Morgan fingerprint density at radius 3 is 2.06 bits per heavy atom. The molecule has 1 heterocycles. The molecule has 0 N–H and O–H groups in total. The largest absolute Gasteiger partial charge is 0.0888 e. The second kappa shape index (κ2) is 7.21. The normalized spacial score (nSPS) is 12.5. The van der Waals surface area contributed by atoms with Gasteiger partial charge in [-0.1, -0.05) is 103 Å². The molecule has 0 nitrogen and oxygen atoms in total. The monoisotopic (exact) mass is 460 g/mol. The van der Waals surface area contributed by atoms with Gasteiger partial charge in [0.1, 0.15) is 0 Å². The van der Waals surface area contributed by atoms with E-state index < -0.39 is 0 Å². The predicted molar refractivity (Wildman–Crippen MR) is 151 cm³/mol. The fourth-order valence-corrected chi connectivity index (χ4v) is 6.87. The molecule has 0 fully saturated rings. The minimum absolute atomic E-state index is 1.27. The number of hydrogen-bond donors (Lipinski definition) is 0. The van der Waals surface area contributed by atoms with Crippen molar-refractivity contribution < 1.29 is 0 Å². The summed E-state index contributed by atoms with van der Waals surface area (Å²) < 4.78 is 0. The minimum Gasteiger partial charge on any atom is -0.0888 e. The van der Waals surface area contributed by atoms with E-state index in [2.05, 4.69) is 121 Å². The molecule has 0 amide bonds. The van der Waals surface area contributed by atoms with Gasteiger partial charge >= 0.3 is 0 Å². The first kappa shape index (κ1) is 19.3. The van der Waals surface area contributed by atoms with Crippen molar-refractivity contribution in [1.82, 2.24) is 0 Å². The molecule has 0 aromatic heterocycles. The second-order valence-electron chi connectivity index (χ2n) is 9.36. The zero-order valence-corrected chi connectivity index (χ0v) is 19.8. The first-order chi connectivity index (χ1) is 17.3. The van der Waals surface area contributed by atoms with Crippen molar-refractivity contribution in [1.29, 1.82) is 0 Å². The van der Waals surface area contributed by atoms with Crippen LogP contribution in [0.1, 0.15) is 0 Å². The van der Waals surface area contributed by atoms with Crippen LogP contribution in [0, 0.1) is 0 Å². The Bertz CT molecular complexity index is 1980. The van der Waals surface area contributed by atoms with Crippen molar-refractivity contribution in [3.8, 4) is 22.3 Å². The molecule has 0 spiro atoms. The molecule has 0 bridgehead atoms. The molecule has 0 unspecified atom stereocenters. The smallest absolute Gasteiger partial charge is 0.0207 e. The van der Waals surface area contributed by atoms with Crippen LogP contribution in [0.4, 0.5) is 0 Å². The first-order valence-electron chi connectivity index (χ1n) is 12.0. The van der Waals surface area contributed by atoms with Crippen LogP contribution in [0.3, 0.4) is 0 Å². The van der Waals surface area contributed by atoms with Gasteiger partial charge in [0, 0.05) is 15.2 Å². The summed E-state index contributed by atoms with van der Waals surface area (Å²) >= 11 is 1.88. The van der Waals surface area contributed by atoms with Crippen LogP contribution in [-0.4, -0.2) is 0 Å². The van der Waals surface area contributed by atoms with E-state index in [-0.39, 0.29) is 0 Å². The van der Waals surface area contributed by atoms with E-state index in [1.54, 1.807) is 0 Å². The van der Waals surface area contributed by atoms with Gasteiger partial charge < -0.3 is 0 Å². The summed E-state index contributed by atoms with van der Waals surface area (Å²) in [6.07, 6.45) is 0. The van der Waals surface area contributed by atoms with Gasteiger partial charge in [-0.3, -0.25) is 0 Å². The number of benzene rings is 7. The molecule has 1 heteroatoms. The topological polar surface area (TPSA) is 0 Å². The summed E-state index contributed by atoms with van der Waals surface area (Å²) in [5, 5.41) is 10.5. The standard InChI is InChI=1S/C34H20S/c1-2-7-23-19-31-24(18-22(23)6-1)14-12-21-13-15-25(20-30(21)31)26-16-17-33-34-28(26)9-5-10-29(34)27-8-3-4-11-32(27)35-33/h1-20H. The molecular weight excluding hydrogens is 440 g/mol. The third-order valence-corrected chi connectivity index (χ3v) is 8.55. The average molecular weight is 461 g/mol. The summed E-state index contributed by atoms with van der Waals surface area (Å²) in [6.45, 7) is 0. The van der Waals surface area contributed by atoms with Crippen molar-refractivity contribution in [2.75, 3.05) is 0 Å². The van der Waals surface area contributed by atoms with Crippen LogP contribution in [0.2, 0.25) is 0 Å². The van der Waals surface area contributed by atoms with Crippen molar-refractivity contribution in [2.24, 2.45) is 0 Å². The predicted octanol–water partition coefficient (Wildman–Crippen LogP) is 10.1. The molecule has 7 aromatic rings. The Hall–Kier alpha value is -4.07. The van der Waals surface area contributed by atoms with E-state index in [9.17, 15) is 0 Å². The Kier molecular flexibility index (Phi) is 3.97. The summed E-state index contributed by atoms with van der Waals surface area (Å²) in [6, 6.07) is 44.9. The Balaban J connectivity index is 1.41. The van der Waals surface area contributed by atoms with Gasteiger partial charge in [-0.05, 0) is 90.3 Å². The third-order valence-electron chi connectivity index (χ3n) is 7.41. The van der Waals surface area contributed by atoms with Crippen LogP contribution in [-0.2, 0) is 0 Å². The summed E-state index contributed by atoms with van der Waals surface area (Å²) in [7, 11) is 0. The fourth-order valence-electron chi connectivity index (χ4n) is 5.74. The van der Waals surface area contributed by atoms with Crippen LogP contribution in [0.5, 0.6) is 0 Å². The van der Waals surface area contributed by atoms with E-state index >= 15 is 0 Å². The molecule has 1 aliphatic rings. The quantitative estimate of drug-likeness (QED) is 0.173. The van der Waals surface area contributed by atoms with Gasteiger partial charge in [-0.15, -0.1) is 0 Å². The van der Waals surface area contributed by atoms with E-state index in [0.717, 1.165) is 0 Å². The molecule has 8 rings (SSSR count). The lowest BCUT2D eigenvalue weighted by Gasteiger charge is -2.21. The highest BCUT2D eigenvalue weighted by molar-refractivity contribution is 7.99. The van der Waals surface area contributed by atoms with E-state index in [1.165, 1.54) is 75.1 Å². The molecule has 162 valence electrons. The van der Waals surface area contributed by atoms with Crippen LogP contribution in [0.15, 0.2) is 131 Å². The van der Waals surface area contributed by atoms with Crippen molar-refractivity contribution >= 4 is 54.9 Å². The first-order valence-corrected chi connectivity index (χ1v) is 12.8. The molecule has 0 saturated heterocycles. The Morgan fingerprint density at radius 1 is 0.371 bits per heavy atom. The van der Waals surface area contributed by atoms with Crippen LogP contribution < -0.4 is 0 Å². The maximum atomic E-state index is 2.39. The molecule has 0 aliphatic carbocycles. The zero-order chi connectivity index (χ0) is 22.9. The summed E-state index contributed by atoms with van der Waals surface area (Å²) in [5.41, 5.74) is 5.24. The molecule has 0 radical (unpaired) electrons. The maximum Gasteiger partial charge on any atom is 0.0207 e. The van der Waals surface area contributed by atoms with Crippen molar-refractivity contribution in [3.63, 3.8) is 0 Å². The summed E-state index contributed by atoms with van der Waals surface area (Å²) in [5.74, 6) is 0. The highest BCUT2D eigenvalue weighted by atomic mass is 32.2. The van der Waals surface area contributed by atoms with Gasteiger partial charge in [-0.2, -0.15) is 0 Å². The van der Waals surface area contributed by atoms with Gasteiger partial charge in [0.2, 0.25) is 0 Å². The van der Waals surface area contributed by atoms with Crippen LogP contribution in [0.25, 0.3) is 65.3 Å². The zero-order valence-electron chi connectivity index (χ0n) is 19.0. The van der Waals surface area contributed by atoms with E-state index in [4.69, 9.17) is 0 Å². The lowest BCUT2D eigenvalue weighted by molar-refractivity contribution is 1.40. The highest BCUT2D eigenvalue weighted by Gasteiger charge is 2.20. The number of hydrogen-bond acceptors (Lipinski definition) is 1. The number of rotatable bonds is 1. The van der Waals surface area contributed by atoms with Crippen LogP contribution >= 0.6 is 11.8 Å². The fraction of sp³-hybridized carbons (Fsp3) is 0. The van der Waals surface area contributed by atoms with E-state index in [0.29, 0.717) is 0 Å². The highest BCUT2D eigenvalue weighted by Crippen LogP contribution is 2.49. The Labute approximate surface area is 207 Å². The Morgan fingerprint density at radius 2 is 1.11 bits per heavy atom. The van der Waals surface area contributed by atoms with Gasteiger partial charge in [0.25, 0.3) is 0 Å². The molecular formula is C34H20S. The lowest BCUT2D eigenvalue weighted by atomic mass is 9.91. The molecule has 7 aromatic carbocycles. The molecule has 1 aliphatic heterocycles. The average Bonchev–Trinajstić information content (AvgIpc) is 2.92. The molecule has 35 heavy (non-hydrogen) atoms. The number of fused-ring (bicyclic) bond motifs is 6. The molecule has 0 atom stereocenters. The third kappa shape index (κ3) is 2.82. The SMILES string of the molecule is c1ccc2c(c1)Sc1ccc(-c3ccc4ccc5cc6ccccc6cc5c4c3)c3cccc-2c13. The van der Waals surface area contributed by atoms with E-state index in [1.807, 2.05) is 11.8 Å². The maximum absolute atomic E-state index is 2.39. The van der Waals surface area contributed by atoms with Crippen molar-refractivity contribution in [2.45, 2.75) is 9.79 Å². The van der Waals surface area contributed by atoms with Gasteiger partial charge in [0.05, 0.1) is 0 Å². The summed E-state index contributed by atoms with van der Waals surface area (Å²) in [4.78, 5) is 2.68. The van der Waals surface area contributed by atoms with Gasteiger partial charge in [-0.25, -0.2) is 0 Å². The van der Waals surface area contributed by atoms with Gasteiger partial charge in [0.15, 0.2) is 0 Å². The van der Waals surface area contributed by atoms with Crippen molar-refractivity contribution in [3.05, 3.63) is 121 Å². The lowest BCUT2D eigenvalue weighted by Crippen LogP contribution is -1.94. The molecule has 0 saturated carbocycles.